The Morgan fingerprint density at radius 1 is 1.21 bits per heavy atom. The average Bonchev–Trinajstić information content (AvgIpc) is 2.59. The predicted molar refractivity (Wildman–Crippen MR) is 55.8 cm³/mol. The maximum atomic E-state index is 11.2. The number of rotatable bonds is 1. The Bertz CT molecular complexity index is 272. The third kappa shape index (κ3) is 0.803. The van der Waals surface area contributed by atoms with E-state index in [1.807, 2.05) is 0 Å². The van der Waals surface area contributed by atoms with Crippen molar-refractivity contribution in [2.24, 2.45) is 35.0 Å². The molecule has 6 atom stereocenters. The van der Waals surface area contributed by atoms with Crippen molar-refractivity contribution in [3.8, 4) is 0 Å². The highest BCUT2D eigenvalue weighted by atomic mass is 16.1. The lowest BCUT2D eigenvalue weighted by Crippen LogP contribution is -2.39. The minimum absolute atomic E-state index is 0.413. The molecule has 0 saturated heterocycles. The molecule has 0 amide bonds. The first kappa shape index (κ1) is 8.94. The molecule has 1 heteroatoms. The molecule has 3 rings (SSSR count). The zero-order chi connectivity index (χ0) is 9.92. The van der Waals surface area contributed by atoms with Gasteiger partial charge in [-0.05, 0) is 48.3 Å². The summed E-state index contributed by atoms with van der Waals surface area (Å²) < 4.78 is 0. The van der Waals surface area contributed by atoms with E-state index in [9.17, 15) is 4.79 Å². The number of hydrogen-bond acceptors (Lipinski definition) is 1. The van der Waals surface area contributed by atoms with Gasteiger partial charge >= 0.3 is 0 Å². The summed E-state index contributed by atoms with van der Waals surface area (Å²) in [6.07, 6.45) is 6.75. The van der Waals surface area contributed by atoms with E-state index < -0.39 is 0 Å². The number of carbonyl (C=O) groups excluding carboxylic acids is 1. The van der Waals surface area contributed by atoms with E-state index >= 15 is 0 Å². The van der Waals surface area contributed by atoms with E-state index in [4.69, 9.17) is 0 Å². The zero-order valence-electron chi connectivity index (χ0n) is 9.20. The Balaban J connectivity index is 1.98. The van der Waals surface area contributed by atoms with Gasteiger partial charge in [-0.3, -0.25) is 0 Å². The van der Waals surface area contributed by atoms with E-state index in [0.717, 1.165) is 23.7 Å². The Kier molecular flexibility index (Phi) is 1.67. The minimum atomic E-state index is 0.413. The smallest absolute Gasteiger partial charge is 0.123 e. The van der Waals surface area contributed by atoms with Gasteiger partial charge < -0.3 is 4.79 Å². The fraction of sp³-hybridized carbons (Fsp3) is 0.923. The van der Waals surface area contributed by atoms with Crippen LogP contribution in [0.3, 0.4) is 0 Å². The molecule has 0 aromatic carbocycles. The second-order valence-corrected chi connectivity index (χ2v) is 6.10. The summed E-state index contributed by atoms with van der Waals surface area (Å²) in [5, 5.41) is 0. The second kappa shape index (κ2) is 2.62. The summed E-state index contributed by atoms with van der Waals surface area (Å²) in [6.45, 7) is 4.80. The van der Waals surface area contributed by atoms with Gasteiger partial charge in [0.2, 0.25) is 0 Å². The van der Waals surface area contributed by atoms with Crippen molar-refractivity contribution in [2.45, 2.75) is 39.5 Å². The highest BCUT2D eigenvalue weighted by molar-refractivity contribution is 5.57. The Labute approximate surface area is 86.3 Å². The summed E-state index contributed by atoms with van der Waals surface area (Å²) in [4.78, 5) is 11.2. The molecular weight excluding hydrogens is 172 g/mol. The number of fused-ring (bicyclic) bond motifs is 3. The monoisotopic (exact) mass is 192 g/mol. The third-order valence-corrected chi connectivity index (χ3v) is 5.81. The highest BCUT2D eigenvalue weighted by Gasteiger charge is 2.64. The van der Waals surface area contributed by atoms with Gasteiger partial charge in [0.15, 0.2) is 0 Å². The van der Waals surface area contributed by atoms with Crippen molar-refractivity contribution in [3.63, 3.8) is 0 Å². The van der Waals surface area contributed by atoms with Gasteiger partial charge in [0.1, 0.15) is 6.29 Å². The second-order valence-electron chi connectivity index (χ2n) is 6.10. The standard InChI is InChI=1S/C13H20O/c1-8-3-4-11-12(8)9(7-14)10-5-6-13(10,11)2/h7-12H,3-6H2,1-2H3/t8-,9+,10+,11+,12+,13+/m1/s1. The van der Waals surface area contributed by atoms with Crippen molar-refractivity contribution < 1.29 is 4.79 Å². The molecule has 3 aliphatic rings. The van der Waals surface area contributed by atoms with Crippen molar-refractivity contribution >= 4 is 6.29 Å². The molecule has 78 valence electrons. The van der Waals surface area contributed by atoms with Crippen LogP contribution >= 0.6 is 0 Å². The average molecular weight is 192 g/mol. The van der Waals surface area contributed by atoms with E-state index in [1.54, 1.807) is 0 Å². The molecule has 14 heavy (non-hydrogen) atoms. The predicted octanol–water partition coefficient (Wildman–Crippen LogP) is 2.89. The lowest BCUT2D eigenvalue weighted by Gasteiger charge is -2.46. The summed E-state index contributed by atoms with van der Waals surface area (Å²) in [6, 6.07) is 0. The molecule has 1 nitrogen and oxygen atoms in total. The van der Waals surface area contributed by atoms with Crippen LogP contribution in [0, 0.1) is 35.0 Å². The number of carbonyl (C=O) groups is 1. The van der Waals surface area contributed by atoms with Crippen LogP contribution in [0.4, 0.5) is 0 Å². The number of aldehydes is 1. The van der Waals surface area contributed by atoms with Crippen LogP contribution in [0.25, 0.3) is 0 Å². The van der Waals surface area contributed by atoms with Crippen LogP contribution in [0.15, 0.2) is 0 Å². The van der Waals surface area contributed by atoms with Gasteiger partial charge in [0.05, 0.1) is 0 Å². The molecule has 0 unspecified atom stereocenters. The van der Waals surface area contributed by atoms with E-state index in [1.165, 1.54) is 32.0 Å². The van der Waals surface area contributed by atoms with Crippen molar-refractivity contribution in [1.82, 2.24) is 0 Å². The summed E-state index contributed by atoms with van der Waals surface area (Å²) in [5.74, 6) is 3.59. The fourth-order valence-electron chi connectivity index (χ4n) is 4.95. The summed E-state index contributed by atoms with van der Waals surface area (Å²) >= 11 is 0. The SMILES string of the molecule is C[C@@H]1CC[C@H]2[C@@H]1[C@@H](C=O)[C@@H]1CC[C@@]12C. The van der Waals surface area contributed by atoms with Crippen LogP contribution in [0.1, 0.15) is 39.5 Å². The molecule has 0 aliphatic heterocycles. The lowest BCUT2D eigenvalue weighted by molar-refractivity contribution is -0.115. The van der Waals surface area contributed by atoms with Gasteiger partial charge in [-0.25, -0.2) is 0 Å². The van der Waals surface area contributed by atoms with Crippen LogP contribution in [0.5, 0.6) is 0 Å². The van der Waals surface area contributed by atoms with Gasteiger partial charge in [0.25, 0.3) is 0 Å². The first-order valence-corrected chi connectivity index (χ1v) is 6.14. The van der Waals surface area contributed by atoms with Crippen LogP contribution < -0.4 is 0 Å². The Morgan fingerprint density at radius 2 is 2.00 bits per heavy atom. The maximum absolute atomic E-state index is 11.2. The highest BCUT2D eigenvalue weighted by Crippen LogP contribution is 2.69. The lowest BCUT2D eigenvalue weighted by atomic mass is 9.58. The topological polar surface area (TPSA) is 17.1 Å². The molecule has 3 saturated carbocycles. The molecule has 3 aliphatic carbocycles. The minimum Gasteiger partial charge on any atom is -0.303 e. The molecular formula is C13H20O. The van der Waals surface area contributed by atoms with E-state index in [0.29, 0.717) is 11.3 Å². The summed E-state index contributed by atoms with van der Waals surface area (Å²) in [5.41, 5.74) is 0.557. The van der Waals surface area contributed by atoms with E-state index in [2.05, 4.69) is 13.8 Å². The normalized spacial score (nSPS) is 60.3. The molecule has 0 radical (unpaired) electrons. The van der Waals surface area contributed by atoms with Gasteiger partial charge in [-0.15, -0.1) is 0 Å². The first-order valence-electron chi connectivity index (χ1n) is 6.14. The van der Waals surface area contributed by atoms with Gasteiger partial charge in [-0.1, -0.05) is 20.3 Å². The number of hydrogen-bond donors (Lipinski definition) is 0. The Morgan fingerprint density at radius 3 is 2.57 bits per heavy atom. The van der Waals surface area contributed by atoms with Crippen molar-refractivity contribution in [1.29, 1.82) is 0 Å². The quantitative estimate of drug-likeness (QED) is 0.584. The molecule has 0 N–H and O–H groups in total. The molecule has 3 fully saturated rings. The largest absolute Gasteiger partial charge is 0.303 e. The van der Waals surface area contributed by atoms with Crippen molar-refractivity contribution in [3.05, 3.63) is 0 Å². The third-order valence-electron chi connectivity index (χ3n) is 5.81. The van der Waals surface area contributed by atoms with Gasteiger partial charge in [0, 0.05) is 5.92 Å². The molecule has 0 aromatic heterocycles. The maximum Gasteiger partial charge on any atom is 0.123 e. The Hall–Kier alpha value is -0.330. The zero-order valence-corrected chi connectivity index (χ0v) is 9.20. The summed E-state index contributed by atoms with van der Waals surface area (Å²) in [7, 11) is 0. The molecule has 0 heterocycles. The molecule has 0 bridgehead atoms. The van der Waals surface area contributed by atoms with Crippen molar-refractivity contribution in [2.75, 3.05) is 0 Å². The van der Waals surface area contributed by atoms with Crippen LogP contribution in [-0.2, 0) is 4.79 Å². The van der Waals surface area contributed by atoms with Gasteiger partial charge in [-0.2, -0.15) is 0 Å². The van der Waals surface area contributed by atoms with Crippen LogP contribution in [-0.4, -0.2) is 6.29 Å². The first-order chi connectivity index (χ1) is 6.68. The molecule has 0 spiro atoms. The van der Waals surface area contributed by atoms with E-state index in [-0.39, 0.29) is 0 Å². The fourth-order valence-corrected chi connectivity index (χ4v) is 4.95. The molecule has 0 aromatic rings. The van der Waals surface area contributed by atoms with Crippen LogP contribution in [0.2, 0.25) is 0 Å².